The van der Waals surface area contributed by atoms with Crippen LogP contribution < -0.4 is 5.32 Å². The van der Waals surface area contributed by atoms with Gasteiger partial charge >= 0.3 is 0 Å². The fourth-order valence-electron chi connectivity index (χ4n) is 5.45. The van der Waals surface area contributed by atoms with E-state index in [9.17, 15) is 8.42 Å². The fraction of sp³-hybridized carbons (Fsp3) is 0.650. The summed E-state index contributed by atoms with van der Waals surface area (Å²) in [5.41, 5.74) is 0.210. The van der Waals surface area contributed by atoms with E-state index in [1.165, 1.54) is 24.2 Å². The number of hydrogen-bond donors (Lipinski definition) is 1. The van der Waals surface area contributed by atoms with Crippen molar-refractivity contribution in [3.63, 3.8) is 0 Å². The van der Waals surface area contributed by atoms with Gasteiger partial charge in [0.1, 0.15) is 4.21 Å². The second-order valence-corrected chi connectivity index (χ2v) is 12.3. The number of nitrogens with one attached hydrogen (secondary N) is 1. The van der Waals surface area contributed by atoms with Crippen molar-refractivity contribution >= 4 is 38.7 Å². The molecule has 2 aliphatic heterocycles. The summed E-state index contributed by atoms with van der Waals surface area (Å²) in [6.07, 6.45) is 10.1. The maximum Gasteiger partial charge on any atom is 0.252 e. The lowest BCUT2D eigenvalue weighted by atomic mass is 9.78. The van der Waals surface area contributed by atoms with Gasteiger partial charge < -0.3 is 10.2 Å². The Kier molecular flexibility index (Phi) is 4.81. The number of rotatable bonds is 3. The Hall–Kier alpha value is -0.960. The zero-order chi connectivity index (χ0) is 19.4. The highest BCUT2D eigenvalue weighted by Gasteiger charge is 2.44. The molecule has 4 aliphatic rings. The van der Waals surface area contributed by atoms with E-state index in [1.54, 1.807) is 16.4 Å². The SMILES string of the molecule is O=S(=O)(c1cccs1)N1CCC2(CCN(C(=S)NC3CC4C=CC3C4)C2)CC1. The average Bonchev–Trinajstić information content (AvgIpc) is 3.47. The van der Waals surface area contributed by atoms with Crippen LogP contribution in [0.5, 0.6) is 0 Å². The lowest BCUT2D eigenvalue weighted by molar-refractivity contribution is 0.166. The second-order valence-electron chi connectivity index (χ2n) is 8.84. The fourth-order valence-corrected chi connectivity index (χ4v) is 8.34. The van der Waals surface area contributed by atoms with Gasteiger partial charge in [0.2, 0.25) is 0 Å². The molecular weight excluding hydrogens is 410 g/mol. The number of thiophene rings is 1. The number of piperidine rings is 1. The van der Waals surface area contributed by atoms with Gasteiger partial charge in [0, 0.05) is 32.2 Å². The molecule has 1 saturated carbocycles. The summed E-state index contributed by atoms with van der Waals surface area (Å²) in [6.45, 7) is 3.18. The molecule has 28 heavy (non-hydrogen) atoms. The molecule has 1 spiro atoms. The van der Waals surface area contributed by atoms with Crippen molar-refractivity contribution in [2.75, 3.05) is 26.2 Å². The number of nitrogens with zero attached hydrogens (tertiary/aromatic N) is 2. The summed E-state index contributed by atoms with van der Waals surface area (Å²) < 4.78 is 27.7. The summed E-state index contributed by atoms with van der Waals surface area (Å²) in [5.74, 6) is 1.38. The largest absolute Gasteiger partial charge is 0.359 e. The molecule has 3 atom stereocenters. The lowest BCUT2D eigenvalue weighted by Gasteiger charge is -2.38. The summed E-state index contributed by atoms with van der Waals surface area (Å²) in [7, 11) is -3.32. The predicted molar refractivity (Wildman–Crippen MR) is 116 cm³/mol. The summed E-state index contributed by atoms with van der Waals surface area (Å²) in [6, 6.07) is 4.01. The standard InChI is InChI=1S/C20H27N3O2S3/c24-28(25,18-2-1-11-27-18)23-9-6-20(7-10-23)5-8-22(14-20)19(26)21-17-13-15-3-4-16(17)12-15/h1-4,11,15-17H,5-10,12-14H2,(H,21,26). The van der Waals surface area contributed by atoms with Crippen molar-refractivity contribution in [1.82, 2.24) is 14.5 Å². The highest BCUT2D eigenvalue weighted by Crippen LogP contribution is 2.42. The van der Waals surface area contributed by atoms with E-state index in [-0.39, 0.29) is 5.41 Å². The third-order valence-electron chi connectivity index (χ3n) is 7.19. The summed E-state index contributed by atoms with van der Waals surface area (Å²) in [5, 5.41) is 6.35. The van der Waals surface area contributed by atoms with Gasteiger partial charge in [-0.1, -0.05) is 18.2 Å². The van der Waals surface area contributed by atoms with E-state index < -0.39 is 10.0 Å². The van der Waals surface area contributed by atoms with Crippen molar-refractivity contribution in [1.29, 1.82) is 0 Å². The van der Waals surface area contributed by atoms with Gasteiger partial charge in [0.15, 0.2) is 5.11 Å². The van der Waals surface area contributed by atoms with Gasteiger partial charge in [-0.15, -0.1) is 11.3 Å². The lowest BCUT2D eigenvalue weighted by Crippen LogP contribution is -2.47. The van der Waals surface area contributed by atoms with E-state index >= 15 is 0 Å². The molecule has 0 amide bonds. The Bertz CT molecular complexity index is 873. The summed E-state index contributed by atoms with van der Waals surface area (Å²) in [4.78, 5) is 2.33. The van der Waals surface area contributed by atoms with Gasteiger partial charge in [-0.25, -0.2) is 8.42 Å². The molecule has 1 N–H and O–H groups in total. The van der Waals surface area contributed by atoms with E-state index in [1.807, 2.05) is 5.38 Å². The van der Waals surface area contributed by atoms with Gasteiger partial charge in [0.05, 0.1) is 0 Å². The van der Waals surface area contributed by atoms with Crippen LogP contribution in [-0.2, 0) is 10.0 Å². The number of likely N-dealkylation sites (tertiary alicyclic amines) is 1. The van der Waals surface area contributed by atoms with Crippen molar-refractivity contribution in [3.05, 3.63) is 29.7 Å². The monoisotopic (exact) mass is 437 g/mol. The quantitative estimate of drug-likeness (QED) is 0.582. The molecular formula is C20H27N3O2S3. The average molecular weight is 438 g/mol. The maximum atomic E-state index is 12.8. The van der Waals surface area contributed by atoms with Gasteiger partial charge in [-0.2, -0.15) is 4.31 Å². The second kappa shape index (κ2) is 7.07. The molecule has 1 aromatic heterocycles. The van der Waals surface area contributed by atoms with Crippen LogP contribution in [-0.4, -0.2) is 55.0 Å². The van der Waals surface area contributed by atoms with Gasteiger partial charge in [0.25, 0.3) is 10.0 Å². The van der Waals surface area contributed by atoms with Crippen LogP contribution in [0.2, 0.25) is 0 Å². The molecule has 8 heteroatoms. The van der Waals surface area contributed by atoms with Crippen LogP contribution in [0, 0.1) is 17.3 Å². The molecule has 0 radical (unpaired) electrons. The number of thiocarbonyl (C=S) groups is 1. The van der Waals surface area contributed by atoms with Gasteiger partial charge in [-0.3, -0.25) is 0 Å². The highest BCUT2D eigenvalue weighted by molar-refractivity contribution is 7.91. The molecule has 0 aromatic carbocycles. The summed E-state index contributed by atoms with van der Waals surface area (Å²) >= 11 is 7.04. The molecule has 3 fully saturated rings. The van der Waals surface area contributed by atoms with Crippen LogP contribution in [0.1, 0.15) is 32.1 Å². The third-order valence-corrected chi connectivity index (χ3v) is 10.8. The predicted octanol–water partition coefficient (Wildman–Crippen LogP) is 3.06. The Morgan fingerprint density at radius 2 is 1.96 bits per heavy atom. The van der Waals surface area contributed by atoms with Crippen molar-refractivity contribution < 1.29 is 8.42 Å². The number of hydrogen-bond acceptors (Lipinski definition) is 4. The molecule has 3 unspecified atom stereocenters. The Morgan fingerprint density at radius 3 is 2.61 bits per heavy atom. The zero-order valence-electron chi connectivity index (χ0n) is 15.9. The van der Waals surface area contributed by atoms with E-state index in [0.29, 0.717) is 29.3 Å². The first-order chi connectivity index (χ1) is 13.5. The molecule has 2 saturated heterocycles. The van der Waals surface area contributed by atoms with Crippen molar-refractivity contribution in [2.45, 2.75) is 42.4 Å². The Morgan fingerprint density at radius 1 is 1.18 bits per heavy atom. The van der Waals surface area contributed by atoms with Gasteiger partial charge in [-0.05, 0) is 73.0 Å². The molecule has 5 nitrogen and oxygen atoms in total. The molecule has 2 bridgehead atoms. The normalized spacial score (nSPS) is 31.7. The molecule has 152 valence electrons. The van der Waals surface area contributed by atoms with Crippen LogP contribution in [0.15, 0.2) is 33.9 Å². The van der Waals surface area contributed by atoms with Crippen molar-refractivity contribution in [3.8, 4) is 0 Å². The Labute approximate surface area is 176 Å². The molecule has 3 heterocycles. The molecule has 1 aromatic rings. The molecule has 2 aliphatic carbocycles. The van der Waals surface area contributed by atoms with Crippen molar-refractivity contribution in [2.24, 2.45) is 17.3 Å². The molecule has 5 rings (SSSR count). The topological polar surface area (TPSA) is 52.7 Å². The third kappa shape index (κ3) is 3.32. The number of fused-ring (bicyclic) bond motifs is 2. The minimum atomic E-state index is -3.32. The highest BCUT2D eigenvalue weighted by atomic mass is 32.2. The van der Waals surface area contributed by atoms with Crippen LogP contribution in [0.4, 0.5) is 0 Å². The Balaban J connectivity index is 1.17. The van der Waals surface area contributed by atoms with E-state index in [0.717, 1.165) is 43.4 Å². The first-order valence-corrected chi connectivity index (χ1v) is 13.0. The van der Waals surface area contributed by atoms with E-state index in [4.69, 9.17) is 12.2 Å². The van der Waals surface area contributed by atoms with Crippen LogP contribution in [0.25, 0.3) is 0 Å². The minimum absolute atomic E-state index is 0.210. The van der Waals surface area contributed by atoms with Crippen LogP contribution >= 0.6 is 23.6 Å². The smallest absolute Gasteiger partial charge is 0.252 e. The maximum absolute atomic E-state index is 12.8. The number of sulfonamides is 1. The first-order valence-electron chi connectivity index (χ1n) is 10.2. The minimum Gasteiger partial charge on any atom is -0.359 e. The first kappa shape index (κ1) is 19.0. The van der Waals surface area contributed by atoms with E-state index in [2.05, 4.69) is 22.4 Å². The van der Waals surface area contributed by atoms with Crippen LogP contribution in [0.3, 0.4) is 0 Å². The zero-order valence-corrected chi connectivity index (χ0v) is 18.4. The number of allylic oxidation sites excluding steroid dienone is 1.